The molecular formula is C26H25NO5. The number of rotatable bonds is 10. The van der Waals surface area contributed by atoms with Gasteiger partial charge in [-0.15, -0.1) is 0 Å². The highest BCUT2D eigenvalue weighted by Crippen LogP contribution is 2.22. The molecule has 0 atom stereocenters. The molecule has 32 heavy (non-hydrogen) atoms. The summed E-state index contributed by atoms with van der Waals surface area (Å²) in [6.07, 6.45) is 1.80. The van der Waals surface area contributed by atoms with Gasteiger partial charge in [0, 0.05) is 11.6 Å². The van der Waals surface area contributed by atoms with Crippen LogP contribution in [0.2, 0.25) is 0 Å². The third-order valence-corrected chi connectivity index (χ3v) is 4.65. The van der Waals surface area contributed by atoms with Crippen molar-refractivity contribution in [3.8, 4) is 11.5 Å². The molecule has 0 aromatic heterocycles. The number of nitrogens with zero attached hydrogens (tertiary/aromatic N) is 1. The molecule has 3 rings (SSSR count). The first-order valence-corrected chi connectivity index (χ1v) is 9.99. The standard InChI is InChI=1S/C26H25NO5/c1-4-19-12-14-20(15-13-19)17-31-22-9-7-10-23(16-22)32-18-21-8-5-6-11-24(21)25(27-30-3)26(28)29-2/h4-16H,1,17-18H2,2-3H3/b27-25+. The van der Waals surface area contributed by atoms with Crippen molar-refractivity contribution in [2.75, 3.05) is 14.2 Å². The topological polar surface area (TPSA) is 66.3 Å². The van der Waals surface area contributed by atoms with Crippen LogP contribution >= 0.6 is 0 Å². The van der Waals surface area contributed by atoms with Crippen LogP contribution in [-0.4, -0.2) is 25.9 Å². The zero-order valence-corrected chi connectivity index (χ0v) is 18.1. The number of carbonyl (C=O) groups excluding carboxylic acids is 1. The number of hydrogen-bond acceptors (Lipinski definition) is 6. The summed E-state index contributed by atoms with van der Waals surface area (Å²) in [7, 11) is 2.67. The maximum absolute atomic E-state index is 12.1. The molecule has 0 heterocycles. The van der Waals surface area contributed by atoms with E-state index in [2.05, 4.69) is 11.7 Å². The van der Waals surface area contributed by atoms with E-state index in [9.17, 15) is 4.79 Å². The van der Waals surface area contributed by atoms with Gasteiger partial charge in [0.15, 0.2) is 5.71 Å². The van der Waals surface area contributed by atoms with Crippen molar-refractivity contribution < 1.29 is 23.8 Å². The van der Waals surface area contributed by atoms with Gasteiger partial charge in [-0.1, -0.05) is 72.4 Å². The Kier molecular flexibility index (Phi) is 8.03. The maximum Gasteiger partial charge on any atom is 0.360 e. The summed E-state index contributed by atoms with van der Waals surface area (Å²) in [5.41, 5.74) is 3.55. The van der Waals surface area contributed by atoms with Gasteiger partial charge >= 0.3 is 5.97 Å². The Bertz CT molecular complexity index is 1090. The third-order valence-electron chi connectivity index (χ3n) is 4.65. The lowest BCUT2D eigenvalue weighted by atomic mass is 10.0. The normalized spacial score (nSPS) is 10.9. The minimum absolute atomic E-state index is 0.0776. The highest BCUT2D eigenvalue weighted by atomic mass is 16.6. The summed E-state index contributed by atoms with van der Waals surface area (Å²) in [4.78, 5) is 16.9. The second-order valence-electron chi connectivity index (χ2n) is 6.77. The van der Waals surface area contributed by atoms with Crippen molar-refractivity contribution in [2.24, 2.45) is 5.16 Å². The summed E-state index contributed by atoms with van der Waals surface area (Å²) in [5, 5.41) is 3.82. The Morgan fingerprint density at radius 1 is 0.906 bits per heavy atom. The molecule has 0 N–H and O–H groups in total. The summed E-state index contributed by atoms with van der Waals surface area (Å²) in [6, 6.07) is 22.7. The average Bonchev–Trinajstić information content (AvgIpc) is 2.85. The quantitative estimate of drug-likeness (QED) is 0.256. The van der Waals surface area contributed by atoms with Crippen molar-refractivity contribution in [1.82, 2.24) is 0 Å². The number of methoxy groups -OCH3 is 1. The Balaban J connectivity index is 1.68. The molecule has 3 aromatic carbocycles. The molecule has 0 aliphatic carbocycles. The number of benzene rings is 3. The lowest BCUT2D eigenvalue weighted by molar-refractivity contribution is -0.132. The predicted molar refractivity (Wildman–Crippen MR) is 124 cm³/mol. The first kappa shape index (κ1) is 22.6. The lowest BCUT2D eigenvalue weighted by Crippen LogP contribution is -2.19. The van der Waals surface area contributed by atoms with Crippen LogP contribution in [0.4, 0.5) is 0 Å². The van der Waals surface area contributed by atoms with Crippen LogP contribution in [0.1, 0.15) is 22.3 Å². The molecule has 3 aromatic rings. The highest BCUT2D eigenvalue weighted by Gasteiger charge is 2.19. The molecule has 6 nitrogen and oxygen atoms in total. The Hall–Kier alpha value is -4.06. The van der Waals surface area contributed by atoms with Crippen LogP contribution < -0.4 is 9.47 Å². The van der Waals surface area contributed by atoms with E-state index in [0.29, 0.717) is 23.7 Å². The van der Waals surface area contributed by atoms with Crippen LogP contribution in [-0.2, 0) is 27.6 Å². The Labute approximate surface area is 187 Å². The third kappa shape index (κ3) is 5.98. The van der Waals surface area contributed by atoms with Crippen LogP contribution in [0.15, 0.2) is 84.5 Å². The smallest absolute Gasteiger partial charge is 0.360 e. The van der Waals surface area contributed by atoms with E-state index < -0.39 is 5.97 Å². The van der Waals surface area contributed by atoms with Gasteiger partial charge < -0.3 is 19.0 Å². The van der Waals surface area contributed by atoms with Gasteiger partial charge in [0.05, 0.1) is 7.11 Å². The number of esters is 1. The second-order valence-corrected chi connectivity index (χ2v) is 6.77. The van der Waals surface area contributed by atoms with Crippen LogP contribution in [0.3, 0.4) is 0 Å². The number of hydrogen-bond donors (Lipinski definition) is 0. The van der Waals surface area contributed by atoms with Crippen molar-refractivity contribution in [2.45, 2.75) is 13.2 Å². The fourth-order valence-corrected chi connectivity index (χ4v) is 2.99. The van der Waals surface area contributed by atoms with Crippen molar-refractivity contribution >= 4 is 17.8 Å². The monoisotopic (exact) mass is 431 g/mol. The van der Waals surface area contributed by atoms with E-state index in [0.717, 1.165) is 16.7 Å². The number of ether oxygens (including phenoxy) is 3. The van der Waals surface area contributed by atoms with Crippen LogP contribution in [0.5, 0.6) is 11.5 Å². The fourth-order valence-electron chi connectivity index (χ4n) is 2.99. The van der Waals surface area contributed by atoms with Crippen molar-refractivity contribution in [3.63, 3.8) is 0 Å². The molecule has 0 fully saturated rings. The largest absolute Gasteiger partial charge is 0.489 e. The molecule has 0 saturated carbocycles. The lowest BCUT2D eigenvalue weighted by Gasteiger charge is -2.13. The molecule has 6 heteroatoms. The minimum atomic E-state index is -0.587. The second kappa shape index (κ2) is 11.4. The van der Waals surface area contributed by atoms with Gasteiger partial charge in [-0.3, -0.25) is 0 Å². The Morgan fingerprint density at radius 3 is 2.25 bits per heavy atom. The number of carbonyl (C=O) groups is 1. The summed E-state index contributed by atoms with van der Waals surface area (Å²) >= 11 is 0. The molecule has 0 unspecified atom stereocenters. The maximum atomic E-state index is 12.1. The van der Waals surface area contributed by atoms with E-state index in [1.165, 1.54) is 14.2 Å². The molecule has 0 saturated heterocycles. The van der Waals surface area contributed by atoms with E-state index in [1.807, 2.05) is 66.7 Å². The van der Waals surface area contributed by atoms with Gasteiger partial charge in [-0.2, -0.15) is 0 Å². The van der Waals surface area contributed by atoms with Gasteiger partial charge in [-0.25, -0.2) is 4.79 Å². The molecule has 0 aliphatic heterocycles. The molecular weight excluding hydrogens is 406 g/mol. The van der Waals surface area contributed by atoms with Crippen molar-refractivity contribution in [1.29, 1.82) is 0 Å². The first-order valence-electron chi connectivity index (χ1n) is 9.99. The summed E-state index contributed by atoms with van der Waals surface area (Å²) in [5.74, 6) is 0.748. The van der Waals surface area contributed by atoms with Gasteiger partial charge in [0.2, 0.25) is 0 Å². The average molecular weight is 431 g/mol. The van der Waals surface area contributed by atoms with Gasteiger partial charge in [0.1, 0.15) is 31.8 Å². The Morgan fingerprint density at radius 2 is 1.59 bits per heavy atom. The van der Waals surface area contributed by atoms with Gasteiger partial charge in [0.25, 0.3) is 0 Å². The molecule has 0 spiro atoms. The minimum Gasteiger partial charge on any atom is -0.489 e. The molecule has 0 amide bonds. The summed E-state index contributed by atoms with van der Waals surface area (Å²) in [6.45, 7) is 4.43. The van der Waals surface area contributed by atoms with E-state index in [1.54, 1.807) is 12.1 Å². The first-order chi connectivity index (χ1) is 15.6. The van der Waals surface area contributed by atoms with E-state index in [4.69, 9.17) is 19.0 Å². The molecule has 0 bridgehead atoms. The summed E-state index contributed by atoms with van der Waals surface area (Å²) < 4.78 is 16.7. The zero-order chi connectivity index (χ0) is 22.8. The molecule has 0 radical (unpaired) electrons. The zero-order valence-electron chi connectivity index (χ0n) is 18.1. The van der Waals surface area contributed by atoms with Crippen LogP contribution in [0, 0.1) is 0 Å². The molecule has 0 aliphatic rings. The predicted octanol–water partition coefficient (Wildman–Crippen LogP) is 5.01. The SMILES string of the molecule is C=Cc1ccc(COc2cccc(OCc3ccccc3/C(=N\OC)C(=O)OC)c2)cc1. The van der Waals surface area contributed by atoms with Crippen LogP contribution in [0.25, 0.3) is 6.08 Å². The van der Waals surface area contributed by atoms with Gasteiger partial charge in [-0.05, 0) is 28.8 Å². The van der Waals surface area contributed by atoms with Crippen molar-refractivity contribution in [3.05, 3.63) is 102 Å². The fraction of sp³-hybridized carbons (Fsp3) is 0.154. The number of oxime groups is 1. The highest BCUT2D eigenvalue weighted by molar-refractivity contribution is 6.43. The molecule has 164 valence electrons. The van der Waals surface area contributed by atoms with E-state index >= 15 is 0 Å². The van der Waals surface area contributed by atoms with E-state index in [-0.39, 0.29) is 12.3 Å².